The van der Waals surface area contributed by atoms with Gasteiger partial charge >= 0.3 is 0 Å². The van der Waals surface area contributed by atoms with Crippen molar-refractivity contribution in [3.05, 3.63) is 70.2 Å². The maximum Gasteiger partial charge on any atom is 0.251 e. The Morgan fingerprint density at radius 1 is 0.923 bits per heavy atom. The summed E-state index contributed by atoms with van der Waals surface area (Å²) in [7, 11) is 0. The van der Waals surface area contributed by atoms with E-state index in [2.05, 4.69) is 31.6 Å². The number of carbonyl (C=O) groups is 4. The molecule has 0 unspecified atom stereocenters. The summed E-state index contributed by atoms with van der Waals surface area (Å²) in [5.41, 5.74) is 13.1. The van der Waals surface area contributed by atoms with Gasteiger partial charge in [0.1, 0.15) is 12.1 Å². The Labute approximate surface area is 313 Å². The number of hydrogen-bond donors (Lipinski definition) is 7. The largest absolute Gasteiger partial charge is 0.370 e. The van der Waals surface area contributed by atoms with Crippen molar-refractivity contribution in [2.24, 2.45) is 28.3 Å². The van der Waals surface area contributed by atoms with E-state index >= 15 is 0 Å². The average Bonchev–Trinajstić information content (AvgIpc) is 3.15. The SMILES string of the molecule is CCCC[C@H](NC(=O)c1ccc(CN=C(N)N)cc1)C(=O)N[C@@H](C[C@@H](C)C(=O)NCC1CCNCC1)C(=O)N[C@@H]1CCCC[C@H]1c1cccc(Cl)c1. The van der Waals surface area contributed by atoms with Crippen LogP contribution in [0.4, 0.5) is 0 Å². The molecule has 2 fully saturated rings. The van der Waals surface area contributed by atoms with Gasteiger partial charge in [-0.15, -0.1) is 0 Å². The van der Waals surface area contributed by atoms with E-state index in [1.54, 1.807) is 31.2 Å². The van der Waals surface area contributed by atoms with Gasteiger partial charge in [0.05, 0.1) is 6.54 Å². The molecule has 13 heteroatoms. The fourth-order valence-electron chi connectivity index (χ4n) is 7.06. The first kappa shape index (κ1) is 40.6. The first-order chi connectivity index (χ1) is 25.0. The molecule has 52 heavy (non-hydrogen) atoms. The lowest BCUT2D eigenvalue weighted by atomic mass is 9.80. The van der Waals surface area contributed by atoms with E-state index in [0.717, 1.165) is 69.2 Å². The Hall–Kier alpha value is -4.16. The zero-order chi connectivity index (χ0) is 37.5. The van der Waals surface area contributed by atoms with Gasteiger partial charge in [-0.1, -0.05) is 75.4 Å². The van der Waals surface area contributed by atoms with Crippen molar-refractivity contribution in [1.82, 2.24) is 26.6 Å². The topological polar surface area (TPSA) is 193 Å². The number of carbonyl (C=O) groups excluding carboxylic acids is 4. The standard InChI is InChI=1S/C39H57ClN8O4/c1-3-4-11-33(47-36(50)28-15-13-26(14-16-28)24-45-39(41)42)37(51)48-34(21-25(2)35(49)44-23-27-17-19-43-20-18-27)38(52)46-32-12-6-5-10-31(32)29-8-7-9-30(40)22-29/h7-9,13-16,22,25,27,31-34,43H,3-6,10-12,17-21,23-24H2,1-2H3,(H,44,49)(H,46,52)(H,47,50)(H,48,51)(H4,41,42,45)/t25-,31+,32-,33+,34+/m1/s1. The number of halogens is 1. The van der Waals surface area contributed by atoms with Crippen molar-refractivity contribution in [3.63, 3.8) is 0 Å². The molecule has 2 aromatic carbocycles. The quantitative estimate of drug-likeness (QED) is 0.0947. The van der Waals surface area contributed by atoms with Gasteiger partial charge in [-0.25, -0.2) is 4.99 Å². The molecule has 0 bridgehead atoms. The normalized spacial score (nSPS) is 19.4. The van der Waals surface area contributed by atoms with Crippen LogP contribution < -0.4 is 38.1 Å². The number of nitrogens with zero attached hydrogens (tertiary/aromatic N) is 1. The minimum Gasteiger partial charge on any atom is -0.370 e. The van der Waals surface area contributed by atoms with Crippen molar-refractivity contribution in [2.75, 3.05) is 19.6 Å². The number of benzene rings is 2. The molecule has 1 heterocycles. The second-order valence-electron chi connectivity index (χ2n) is 14.3. The lowest BCUT2D eigenvalue weighted by Gasteiger charge is -2.34. The second-order valence-corrected chi connectivity index (χ2v) is 14.7. The molecule has 5 atom stereocenters. The molecular weight excluding hydrogens is 680 g/mol. The van der Waals surface area contributed by atoms with Crippen molar-refractivity contribution < 1.29 is 19.2 Å². The predicted octanol–water partition coefficient (Wildman–Crippen LogP) is 3.87. The van der Waals surface area contributed by atoms with Crippen molar-refractivity contribution in [1.29, 1.82) is 0 Å². The Balaban J connectivity index is 1.49. The van der Waals surface area contributed by atoms with Crippen LogP contribution in [0.3, 0.4) is 0 Å². The summed E-state index contributed by atoms with van der Waals surface area (Å²) in [6.07, 6.45) is 7.68. The highest BCUT2D eigenvalue weighted by Crippen LogP contribution is 2.34. The zero-order valence-corrected chi connectivity index (χ0v) is 31.4. The van der Waals surface area contributed by atoms with Crippen LogP contribution in [0.5, 0.6) is 0 Å². The summed E-state index contributed by atoms with van der Waals surface area (Å²) in [5.74, 6) is -1.48. The third-order valence-corrected chi connectivity index (χ3v) is 10.4. The molecule has 0 aromatic heterocycles. The highest BCUT2D eigenvalue weighted by atomic mass is 35.5. The van der Waals surface area contributed by atoms with E-state index in [1.165, 1.54) is 0 Å². The molecule has 284 valence electrons. The Kier molecular flexibility index (Phi) is 16.2. The third kappa shape index (κ3) is 12.8. The fourth-order valence-corrected chi connectivity index (χ4v) is 7.25. The smallest absolute Gasteiger partial charge is 0.251 e. The number of nitrogens with two attached hydrogens (primary N) is 2. The summed E-state index contributed by atoms with van der Waals surface area (Å²) < 4.78 is 0. The van der Waals surface area contributed by atoms with Crippen molar-refractivity contribution in [2.45, 2.75) is 109 Å². The highest BCUT2D eigenvalue weighted by Gasteiger charge is 2.34. The Bertz CT molecular complexity index is 1510. The predicted molar refractivity (Wildman–Crippen MR) is 206 cm³/mol. The molecule has 1 saturated carbocycles. The minimum absolute atomic E-state index is 0.0227. The summed E-state index contributed by atoms with van der Waals surface area (Å²) in [4.78, 5) is 58.8. The number of amides is 4. The van der Waals surface area contributed by atoms with E-state index in [-0.39, 0.29) is 42.7 Å². The number of unbranched alkanes of at least 4 members (excludes halogenated alkanes) is 1. The van der Waals surface area contributed by atoms with Crippen molar-refractivity contribution in [3.8, 4) is 0 Å². The van der Waals surface area contributed by atoms with Crippen LogP contribution in [0, 0.1) is 11.8 Å². The second kappa shape index (κ2) is 20.8. The van der Waals surface area contributed by atoms with Gasteiger partial charge in [0.2, 0.25) is 17.7 Å². The molecule has 9 N–H and O–H groups in total. The lowest BCUT2D eigenvalue weighted by molar-refractivity contribution is -0.132. The first-order valence-electron chi connectivity index (χ1n) is 18.8. The zero-order valence-electron chi connectivity index (χ0n) is 30.6. The van der Waals surface area contributed by atoms with Gasteiger partial charge in [-0.05, 0) is 92.9 Å². The lowest BCUT2D eigenvalue weighted by Crippen LogP contribution is -2.56. The van der Waals surface area contributed by atoms with Crippen LogP contribution >= 0.6 is 11.6 Å². The Morgan fingerprint density at radius 2 is 1.65 bits per heavy atom. The maximum absolute atomic E-state index is 14.2. The molecule has 1 aliphatic carbocycles. The third-order valence-electron chi connectivity index (χ3n) is 10.2. The summed E-state index contributed by atoms with van der Waals surface area (Å²) in [6.45, 7) is 6.52. The fraction of sp³-hybridized carbons (Fsp3) is 0.564. The minimum atomic E-state index is -0.995. The van der Waals surface area contributed by atoms with E-state index < -0.39 is 29.8 Å². The summed E-state index contributed by atoms with van der Waals surface area (Å²) >= 11 is 6.34. The van der Waals surface area contributed by atoms with E-state index in [9.17, 15) is 19.2 Å². The number of rotatable bonds is 17. The van der Waals surface area contributed by atoms with E-state index in [4.69, 9.17) is 23.1 Å². The van der Waals surface area contributed by atoms with Crippen LogP contribution in [0.15, 0.2) is 53.5 Å². The van der Waals surface area contributed by atoms with Gasteiger partial charge in [-0.3, -0.25) is 19.2 Å². The van der Waals surface area contributed by atoms with Gasteiger partial charge in [-0.2, -0.15) is 0 Å². The van der Waals surface area contributed by atoms with Crippen molar-refractivity contribution >= 4 is 41.2 Å². The maximum atomic E-state index is 14.2. The molecule has 2 aliphatic rings. The van der Waals surface area contributed by atoms with E-state index in [0.29, 0.717) is 35.9 Å². The molecular formula is C39H57ClN8O4. The van der Waals surface area contributed by atoms with Crippen LogP contribution in [0.1, 0.15) is 105 Å². The van der Waals surface area contributed by atoms with Crippen LogP contribution in [-0.4, -0.2) is 67.3 Å². The molecule has 12 nitrogen and oxygen atoms in total. The van der Waals surface area contributed by atoms with E-state index in [1.807, 2.05) is 31.2 Å². The molecule has 1 aliphatic heterocycles. The van der Waals surface area contributed by atoms with Crippen LogP contribution in [-0.2, 0) is 20.9 Å². The first-order valence-corrected chi connectivity index (χ1v) is 19.2. The highest BCUT2D eigenvalue weighted by molar-refractivity contribution is 6.30. The van der Waals surface area contributed by atoms with Gasteiger partial charge in [0.25, 0.3) is 5.91 Å². The number of guanidine groups is 1. The molecule has 2 aromatic rings. The Morgan fingerprint density at radius 3 is 2.35 bits per heavy atom. The average molecular weight is 737 g/mol. The molecule has 4 amide bonds. The van der Waals surface area contributed by atoms with Gasteiger partial charge in [0, 0.05) is 35.0 Å². The summed E-state index contributed by atoms with van der Waals surface area (Å²) in [6, 6.07) is 12.5. The number of hydrogen-bond acceptors (Lipinski definition) is 6. The van der Waals surface area contributed by atoms with Gasteiger partial charge in [0.15, 0.2) is 5.96 Å². The molecule has 1 saturated heterocycles. The van der Waals surface area contributed by atoms with Crippen LogP contribution in [0.25, 0.3) is 0 Å². The molecule has 4 rings (SSSR count). The molecule has 0 spiro atoms. The monoisotopic (exact) mass is 736 g/mol. The summed E-state index contributed by atoms with van der Waals surface area (Å²) in [5, 5.41) is 16.1. The van der Waals surface area contributed by atoms with Gasteiger partial charge < -0.3 is 38.1 Å². The number of piperidine rings is 1. The van der Waals surface area contributed by atoms with Crippen LogP contribution in [0.2, 0.25) is 5.02 Å². The molecule has 0 radical (unpaired) electrons. The number of nitrogens with one attached hydrogen (secondary N) is 5. The number of aliphatic imine (C=N–C) groups is 1.